The molecule has 2 aromatic carbocycles. The third-order valence-corrected chi connectivity index (χ3v) is 5.36. The van der Waals surface area contributed by atoms with Gasteiger partial charge in [0.2, 0.25) is 15.9 Å². The zero-order valence-electron chi connectivity index (χ0n) is 15.1. The van der Waals surface area contributed by atoms with E-state index in [1.165, 1.54) is 7.05 Å². The van der Waals surface area contributed by atoms with Crippen molar-refractivity contribution in [2.24, 2.45) is 0 Å². The van der Waals surface area contributed by atoms with E-state index in [1.807, 2.05) is 31.2 Å². The van der Waals surface area contributed by atoms with Crippen molar-refractivity contribution in [1.82, 2.24) is 10.0 Å². The molecule has 6 nitrogen and oxygen atoms in total. The van der Waals surface area contributed by atoms with Crippen LogP contribution in [0.2, 0.25) is 0 Å². The van der Waals surface area contributed by atoms with Gasteiger partial charge in [0.1, 0.15) is 0 Å². The lowest BCUT2D eigenvalue weighted by Gasteiger charge is -2.08. The van der Waals surface area contributed by atoms with Gasteiger partial charge in [-0.05, 0) is 55.4 Å². The Labute approximate surface area is 155 Å². The number of rotatable bonds is 9. The first-order valence-electron chi connectivity index (χ1n) is 8.56. The number of carbonyl (C=O) groups is 1. The van der Waals surface area contributed by atoms with Crippen LogP contribution < -0.4 is 15.4 Å². The quantitative estimate of drug-likeness (QED) is 0.627. The van der Waals surface area contributed by atoms with Crippen molar-refractivity contribution in [3.8, 4) is 0 Å². The number of anilines is 1. The first-order valence-corrected chi connectivity index (χ1v) is 10.0. The van der Waals surface area contributed by atoms with E-state index < -0.39 is 10.0 Å². The number of nitrogens with one attached hydrogen (secondary N) is 3. The molecule has 0 aliphatic rings. The van der Waals surface area contributed by atoms with E-state index >= 15 is 0 Å². The molecule has 2 rings (SSSR count). The van der Waals surface area contributed by atoms with E-state index in [2.05, 4.69) is 15.4 Å². The van der Waals surface area contributed by atoms with E-state index in [9.17, 15) is 13.2 Å². The van der Waals surface area contributed by atoms with Gasteiger partial charge in [-0.1, -0.05) is 31.2 Å². The molecule has 1 amide bonds. The van der Waals surface area contributed by atoms with Gasteiger partial charge in [0.25, 0.3) is 0 Å². The van der Waals surface area contributed by atoms with Gasteiger partial charge in [-0.3, -0.25) is 4.79 Å². The molecule has 3 N–H and O–H groups in total. The summed E-state index contributed by atoms with van der Waals surface area (Å²) in [4.78, 5) is 12.4. The van der Waals surface area contributed by atoms with Gasteiger partial charge in [-0.2, -0.15) is 0 Å². The summed E-state index contributed by atoms with van der Waals surface area (Å²) in [5, 5.41) is 6.15. The molecule has 26 heavy (non-hydrogen) atoms. The Morgan fingerprint density at radius 1 is 1.04 bits per heavy atom. The number of aryl methyl sites for hydroxylation is 1. The van der Waals surface area contributed by atoms with Gasteiger partial charge in [0.05, 0.1) is 4.90 Å². The van der Waals surface area contributed by atoms with Gasteiger partial charge in [0, 0.05) is 18.7 Å². The highest BCUT2D eigenvalue weighted by Gasteiger charge is 2.11. The monoisotopic (exact) mass is 375 g/mol. The highest BCUT2D eigenvalue weighted by molar-refractivity contribution is 7.89. The normalized spacial score (nSPS) is 11.3. The second kappa shape index (κ2) is 9.47. The van der Waals surface area contributed by atoms with E-state index in [0.717, 1.165) is 29.9 Å². The summed E-state index contributed by atoms with van der Waals surface area (Å²) in [5.74, 6) is -0.0717. The number of benzene rings is 2. The lowest BCUT2D eigenvalue weighted by Crippen LogP contribution is -2.18. The summed E-state index contributed by atoms with van der Waals surface area (Å²) in [5.41, 5.74) is 2.81. The molecule has 0 spiro atoms. The lowest BCUT2D eigenvalue weighted by atomic mass is 10.1. The van der Waals surface area contributed by atoms with Gasteiger partial charge in [0.15, 0.2) is 0 Å². The van der Waals surface area contributed by atoms with Crippen LogP contribution in [0.1, 0.15) is 24.5 Å². The van der Waals surface area contributed by atoms with E-state index in [-0.39, 0.29) is 10.8 Å². The minimum absolute atomic E-state index is 0.0717. The highest BCUT2D eigenvalue weighted by Crippen LogP contribution is 2.13. The van der Waals surface area contributed by atoms with Crippen LogP contribution in [-0.4, -0.2) is 27.9 Å². The van der Waals surface area contributed by atoms with Crippen LogP contribution in [-0.2, 0) is 27.8 Å². The molecule has 140 valence electrons. The Morgan fingerprint density at radius 3 is 2.42 bits per heavy atom. The number of sulfonamides is 1. The molecule has 0 unspecified atom stereocenters. The molecule has 0 heterocycles. The zero-order chi connectivity index (χ0) is 19.0. The highest BCUT2D eigenvalue weighted by atomic mass is 32.2. The first-order chi connectivity index (χ1) is 12.4. The van der Waals surface area contributed by atoms with Crippen molar-refractivity contribution in [3.63, 3.8) is 0 Å². The van der Waals surface area contributed by atoms with Crippen LogP contribution in [0.25, 0.3) is 0 Å². The molecule has 0 aliphatic heterocycles. The predicted molar refractivity (Wildman–Crippen MR) is 103 cm³/mol. The van der Waals surface area contributed by atoms with Crippen LogP contribution in [0.3, 0.4) is 0 Å². The number of hydrogen-bond acceptors (Lipinski definition) is 4. The minimum atomic E-state index is -3.43. The number of amides is 1. The molecule has 0 bridgehead atoms. The zero-order valence-corrected chi connectivity index (χ0v) is 15.9. The first kappa shape index (κ1) is 20.1. The Balaban J connectivity index is 1.89. The van der Waals surface area contributed by atoms with Crippen LogP contribution in [0.15, 0.2) is 53.4 Å². The Kier molecular flexibility index (Phi) is 7.32. The van der Waals surface area contributed by atoms with Crippen molar-refractivity contribution in [3.05, 3.63) is 59.7 Å². The standard InChI is InChI=1S/C19H25N3O3S/c1-3-21-14-16-5-4-6-17(13-16)22-19(23)12-9-15-7-10-18(11-8-15)26(24,25)20-2/h4-8,10-11,13,20-21H,3,9,12,14H2,1-2H3,(H,22,23). The van der Waals surface area contributed by atoms with Crippen molar-refractivity contribution >= 4 is 21.6 Å². The minimum Gasteiger partial charge on any atom is -0.326 e. The molecule has 0 saturated heterocycles. The maximum absolute atomic E-state index is 12.2. The SMILES string of the molecule is CCNCc1cccc(NC(=O)CCc2ccc(S(=O)(=O)NC)cc2)c1. The Morgan fingerprint density at radius 2 is 1.77 bits per heavy atom. The Bertz CT molecular complexity index is 833. The topological polar surface area (TPSA) is 87.3 Å². The second-order valence-electron chi connectivity index (χ2n) is 5.88. The summed E-state index contributed by atoms with van der Waals surface area (Å²) in [6.07, 6.45) is 0.873. The van der Waals surface area contributed by atoms with Crippen LogP contribution >= 0.6 is 0 Å². The van der Waals surface area contributed by atoms with Gasteiger partial charge in [-0.15, -0.1) is 0 Å². The maximum atomic E-state index is 12.2. The van der Waals surface area contributed by atoms with Gasteiger partial charge >= 0.3 is 0 Å². The molecule has 0 radical (unpaired) electrons. The van der Waals surface area contributed by atoms with Gasteiger partial charge in [-0.25, -0.2) is 13.1 Å². The predicted octanol–water partition coefficient (Wildman–Crippen LogP) is 2.28. The van der Waals surface area contributed by atoms with Crippen molar-refractivity contribution in [1.29, 1.82) is 0 Å². The summed E-state index contributed by atoms with van der Waals surface area (Å²) in [6, 6.07) is 14.3. The fourth-order valence-electron chi connectivity index (χ4n) is 2.46. The average molecular weight is 375 g/mol. The summed E-state index contributed by atoms with van der Waals surface area (Å²) in [6.45, 7) is 3.71. The maximum Gasteiger partial charge on any atom is 0.240 e. The van der Waals surface area contributed by atoms with Crippen LogP contribution in [0.4, 0.5) is 5.69 Å². The molecule has 2 aromatic rings. The third-order valence-electron chi connectivity index (χ3n) is 3.93. The third kappa shape index (κ3) is 5.94. The molecule has 0 atom stereocenters. The fraction of sp³-hybridized carbons (Fsp3) is 0.316. The molecule has 0 aliphatic carbocycles. The molecular formula is C19H25N3O3S. The van der Waals surface area contributed by atoms with E-state index in [1.54, 1.807) is 24.3 Å². The lowest BCUT2D eigenvalue weighted by molar-refractivity contribution is -0.116. The second-order valence-corrected chi connectivity index (χ2v) is 7.77. The van der Waals surface area contributed by atoms with Crippen molar-refractivity contribution in [2.75, 3.05) is 18.9 Å². The van der Waals surface area contributed by atoms with Crippen molar-refractivity contribution < 1.29 is 13.2 Å². The molecule has 0 saturated carbocycles. The largest absolute Gasteiger partial charge is 0.326 e. The molecular weight excluding hydrogens is 350 g/mol. The smallest absolute Gasteiger partial charge is 0.240 e. The van der Waals surface area contributed by atoms with Gasteiger partial charge < -0.3 is 10.6 Å². The number of carbonyl (C=O) groups excluding carboxylic acids is 1. The summed E-state index contributed by atoms with van der Waals surface area (Å²) in [7, 11) is -2.06. The summed E-state index contributed by atoms with van der Waals surface area (Å²) < 4.78 is 25.7. The fourth-order valence-corrected chi connectivity index (χ4v) is 3.19. The van der Waals surface area contributed by atoms with Crippen molar-refractivity contribution in [2.45, 2.75) is 31.2 Å². The van der Waals surface area contributed by atoms with E-state index in [4.69, 9.17) is 0 Å². The molecule has 0 fully saturated rings. The summed E-state index contributed by atoms with van der Waals surface area (Å²) >= 11 is 0. The molecule has 7 heteroatoms. The Hall–Kier alpha value is -2.22. The average Bonchev–Trinajstić information content (AvgIpc) is 2.65. The number of hydrogen-bond donors (Lipinski definition) is 3. The molecule has 0 aromatic heterocycles. The van der Waals surface area contributed by atoms with Crippen LogP contribution in [0, 0.1) is 0 Å². The van der Waals surface area contributed by atoms with E-state index in [0.29, 0.717) is 12.8 Å². The van der Waals surface area contributed by atoms with Crippen LogP contribution in [0.5, 0.6) is 0 Å².